The topological polar surface area (TPSA) is 50.9 Å². The summed E-state index contributed by atoms with van der Waals surface area (Å²) >= 11 is 7.24. The Hall–Kier alpha value is -0.910. The van der Waals surface area contributed by atoms with Gasteiger partial charge in [-0.2, -0.15) is 5.10 Å². The first-order chi connectivity index (χ1) is 7.78. The summed E-state index contributed by atoms with van der Waals surface area (Å²) in [7, 11) is 0. The summed E-state index contributed by atoms with van der Waals surface area (Å²) in [6.45, 7) is -0.0761. The highest BCUT2D eigenvalue weighted by atomic mass is 35.5. The van der Waals surface area contributed by atoms with Crippen molar-refractivity contribution in [1.82, 2.24) is 14.8 Å². The lowest BCUT2D eigenvalue weighted by Crippen LogP contribution is -1.94. The van der Waals surface area contributed by atoms with Crippen LogP contribution >= 0.6 is 22.9 Å². The first kappa shape index (κ1) is 10.3. The van der Waals surface area contributed by atoms with Crippen LogP contribution in [0.3, 0.4) is 0 Å². The Morgan fingerprint density at radius 2 is 2.38 bits per heavy atom. The van der Waals surface area contributed by atoms with Gasteiger partial charge in [-0.15, -0.1) is 0 Å². The van der Waals surface area contributed by atoms with Crippen molar-refractivity contribution in [3.05, 3.63) is 28.0 Å². The average molecular weight is 256 g/mol. The van der Waals surface area contributed by atoms with Crippen LogP contribution < -0.4 is 0 Å². The minimum atomic E-state index is -0.0761. The van der Waals surface area contributed by atoms with Gasteiger partial charge < -0.3 is 5.11 Å². The number of nitrogens with zero attached hydrogens (tertiary/aromatic N) is 3. The van der Waals surface area contributed by atoms with Crippen molar-refractivity contribution in [2.75, 3.05) is 0 Å². The number of aliphatic hydroxyl groups excluding tert-OH is 1. The fraction of sp³-hybridized carbons (Fsp3) is 0.400. The summed E-state index contributed by atoms with van der Waals surface area (Å²) in [6.07, 6.45) is 4.36. The van der Waals surface area contributed by atoms with E-state index < -0.39 is 0 Å². The van der Waals surface area contributed by atoms with Crippen LogP contribution in [0.1, 0.15) is 29.3 Å². The van der Waals surface area contributed by atoms with E-state index in [1.54, 1.807) is 4.68 Å². The smallest absolute Gasteiger partial charge is 0.212 e. The summed E-state index contributed by atoms with van der Waals surface area (Å²) in [5.74, 6) is 0.633. The fourth-order valence-electron chi connectivity index (χ4n) is 1.56. The van der Waals surface area contributed by atoms with Crippen LogP contribution in [-0.2, 0) is 6.61 Å². The van der Waals surface area contributed by atoms with Gasteiger partial charge in [0.25, 0.3) is 0 Å². The normalized spacial score (nSPS) is 15.6. The summed E-state index contributed by atoms with van der Waals surface area (Å²) in [6, 6.07) is 2.02. The highest BCUT2D eigenvalue weighted by Gasteiger charge is 2.26. The Morgan fingerprint density at radius 1 is 1.56 bits per heavy atom. The molecule has 6 heteroatoms. The Morgan fingerprint density at radius 3 is 3.00 bits per heavy atom. The maximum Gasteiger partial charge on any atom is 0.212 e. The number of rotatable bonds is 3. The average Bonchev–Trinajstić information content (AvgIpc) is 2.89. The molecule has 1 N–H and O–H groups in total. The van der Waals surface area contributed by atoms with Crippen molar-refractivity contribution < 1.29 is 5.11 Å². The zero-order valence-electron chi connectivity index (χ0n) is 8.43. The Bertz CT molecular complexity index is 518. The highest BCUT2D eigenvalue weighted by molar-refractivity contribution is 7.14. The maximum absolute atomic E-state index is 9.04. The number of hydrogen-bond donors (Lipinski definition) is 1. The zero-order chi connectivity index (χ0) is 11.1. The van der Waals surface area contributed by atoms with Crippen LogP contribution in [-0.4, -0.2) is 19.9 Å². The number of hydrogen-bond acceptors (Lipinski definition) is 4. The molecule has 0 spiro atoms. The van der Waals surface area contributed by atoms with Crippen molar-refractivity contribution in [2.24, 2.45) is 0 Å². The van der Waals surface area contributed by atoms with Crippen LogP contribution in [0.25, 0.3) is 5.13 Å². The van der Waals surface area contributed by atoms with Gasteiger partial charge in [0.05, 0.1) is 17.2 Å². The SMILES string of the molecule is OCc1sc(-n2ccc(C3CC3)n2)nc1Cl. The van der Waals surface area contributed by atoms with Gasteiger partial charge in [0.2, 0.25) is 5.13 Å². The molecule has 1 saturated carbocycles. The summed E-state index contributed by atoms with van der Waals surface area (Å²) in [5.41, 5.74) is 1.12. The lowest BCUT2D eigenvalue weighted by molar-refractivity contribution is 0.285. The summed E-state index contributed by atoms with van der Waals surface area (Å²) in [4.78, 5) is 4.85. The standard InChI is InChI=1S/C10H10ClN3OS/c11-9-8(5-15)16-10(12-9)14-4-3-7(13-14)6-1-2-6/h3-4,6,15H,1-2,5H2. The lowest BCUT2D eigenvalue weighted by atomic mass is 10.3. The highest BCUT2D eigenvalue weighted by Crippen LogP contribution is 2.39. The van der Waals surface area contributed by atoms with Crippen LogP contribution in [0.2, 0.25) is 5.15 Å². The molecule has 4 nitrogen and oxygen atoms in total. The molecule has 0 saturated heterocycles. The number of aromatic nitrogens is 3. The largest absolute Gasteiger partial charge is 0.391 e. The third kappa shape index (κ3) is 1.75. The van der Waals surface area contributed by atoms with Crippen molar-refractivity contribution >= 4 is 22.9 Å². The van der Waals surface area contributed by atoms with Gasteiger partial charge in [-0.1, -0.05) is 22.9 Å². The van der Waals surface area contributed by atoms with E-state index in [4.69, 9.17) is 16.7 Å². The molecule has 0 bridgehead atoms. The Balaban J connectivity index is 1.94. The molecule has 0 amide bonds. The predicted molar refractivity (Wildman–Crippen MR) is 62.1 cm³/mol. The van der Waals surface area contributed by atoms with E-state index in [2.05, 4.69) is 10.1 Å². The first-order valence-electron chi connectivity index (χ1n) is 5.10. The Kier molecular flexibility index (Phi) is 2.46. The lowest BCUT2D eigenvalue weighted by Gasteiger charge is -1.93. The molecule has 3 rings (SSSR count). The molecule has 0 aliphatic heterocycles. The maximum atomic E-state index is 9.04. The molecule has 1 aliphatic carbocycles. The van der Waals surface area contributed by atoms with Gasteiger partial charge >= 0.3 is 0 Å². The molecule has 2 aromatic heterocycles. The van der Waals surface area contributed by atoms with E-state index in [0.29, 0.717) is 21.1 Å². The summed E-state index contributed by atoms with van der Waals surface area (Å²) < 4.78 is 1.73. The quantitative estimate of drug-likeness (QED) is 0.916. The van der Waals surface area contributed by atoms with Crippen LogP contribution in [0.4, 0.5) is 0 Å². The summed E-state index contributed by atoms with van der Waals surface area (Å²) in [5, 5.41) is 14.6. The molecule has 0 radical (unpaired) electrons. The second-order valence-corrected chi connectivity index (χ2v) is 5.25. The van der Waals surface area contributed by atoms with E-state index in [9.17, 15) is 0 Å². The van der Waals surface area contributed by atoms with E-state index in [-0.39, 0.29) is 6.61 Å². The van der Waals surface area contributed by atoms with Crippen LogP contribution in [0.5, 0.6) is 0 Å². The van der Waals surface area contributed by atoms with Gasteiger partial charge in [-0.3, -0.25) is 0 Å². The molecule has 0 aromatic carbocycles. The van der Waals surface area contributed by atoms with Crippen molar-refractivity contribution in [3.8, 4) is 5.13 Å². The number of halogens is 1. The van der Waals surface area contributed by atoms with Gasteiger partial charge in [-0.05, 0) is 18.9 Å². The zero-order valence-corrected chi connectivity index (χ0v) is 10.0. The van der Waals surface area contributed by atoms with E-state index in [0.717, 1.165) is 5.69 Å². The van der Waals surface area contributed by atoms with E-state index in [1.807, 2.05) is 12.3 Å². The number of thiazole rings is 1. The van der Waals surface area contributed by atoms with Crippen molar-refractivity contribution in [3.63, 3.8) is 0 Å². The molecule has 2 heterocycles. The monoisotopic (exact) mass is 255 g/mol. The second kappa shape index (κ2) is 3.84. The fourth-order valence-corrected chi connectivity index (χ4v) is 2.61. The molecule has 2 aromatic rings. The molecule has 1 fully saturated rings. The molecule has 0 atom stereocenters. The van der Waals surface area contributed by atoms with Gasteiger partial charge in [0.15, 0.2) is 0 Å². The van der Waals surface area contributed by atoms with Crippen molar-refractivity contribution in [2.45, 2.75) is 25.4 Å². The van der Waals surface area contributed by atoms with E-state index in [1.165, 1.54) is 24.2 Å². The minimum absolute atomic E-state index is 0.0761. The minimum Gasteiger partial charge on any atom is -0.391 e. The van der Waals surface area contributed by atoms with Gasteiger partial charge in [0.1, 0.15) is 5.15 Å². The first-order valence-corrected chi connectivity index (χ1v) is 6.29. The molecule has 16 heavy (non-hydrogen) atoms. The molecular weight excluding hydrogens is 246 g/mol. The van der Waals surface area contributed by atoms with Crippen molar-refractivity contribution in [1.29, 1.82) is 0 Å². The third-order valence-electron chi connectivity index (χ3n) is 2.58. The Labute approximate surface area is 102 Å². The van der Waals surface area contributed by atoms with Gasteiger partial charge in [0, 0.05) is 12.1 Å². The second-order valence-electron chi connectivity index (χ2n) is 3.83. The third-order valence-corrected chi connectivity index (χ3v) is 4.04. The van der Waals surface area contributed by atoms with Gasteiger partial charge in [-0.25, -0.2) is 9.67 Å². The van der Waals surface area contributed by atoms with E-state index >= 15 is 0 Å². The molecule has 84 valence electrons. The predicted octanol–water partition coefficient (Wildman–Crippen LogP) is 2.35. The molecule has 0 unspecified atom stereocenters. The van der Waals surface area contributed by atoms with Crippen LogP contribution in [0.15, 0.2) is 12.3 Å². The number of aliphatic hydroxyl groups is 1. The molecule has 1 aliphatic rings. The molecular formula is C10H10ClN3OS. The van der Waals surface area contributed by atoms with Crippen LogP contribution in [0, 0.1) is 0 Å².